The van der Waals surface area contributed by atoms with Crippen molar-refractivity contribution in [3.63, 3.8) is 0 Å². The van der Waals surface area contributed by atoms with Crippen molar-refractivity contribution in [1.82, 2.24) is 15.2 Å². The number of carbonyl (C=O) groups excluding carboxylic acids is 1. The molecule has 2 fully saturated rings. The largest absolute Gasteiger partial charge is 0.381 e. The third-order valence-electron chi connectivity index (χ3n) is 5.76. The summed E-state index contributed by atoms with van der Waals surface area (Å²) in [5.74, 6) is 0.733. The Morgan fingerprint density at radius 3 is 2.69 bits per heavy atom. The molecular weight excluding hydrogens is 328 g/mol. The maximum atomic E-state index is 12.9. The number of nitrogens with zero attached hydrogens (tertiary/aromatic N) is 3. The fourth-order valence-corrected chi connectivity index (χ4v) is 4.03. The average Bonchev–Trinajstić information content (AvgIpc) is 3.05. The number of ether oxygens (including phenoxy) is 1. The number of nitrogens with one attached hydrogen (secondary N) is 1. The van der Waals surface area contributed by atoms with Gasteiger partial charge in [0, 0.05) is 51.3 Å². The summed E-state index contributed by atoms with van der Waals surface area (Å²) in [5, 5.41) is 12.8. The Hall–Kier alpha value is -1.97. The van der Waals surface area contributed by atoms with E-state index in [1.54, 1.807) is 0 Å². The highest BCUT2D eigenvalue weighted by atomic mass is 16.5. The molecule has 3 rings (SSSR count). The van der Waals surface area contributed by atoms with Crippen molar-refractivity contribution < 1.29 is 9.53 Å². The van der Waals surface area contributed by atoms with Gasteiger partial charge in [-0.2, -0.15) is 5.26 Å². The topological polar surface area (TPSA) is 78.3 Å². The van der Waals surface area contributed by atoms with E-state index in [1.165, 1.54) is 5.56 Å². The highest BCUT2D eigenvalue weighted by Crippen LogP contribution is 2.32. The molecule has 3 heterocycles. The number of pyridine rings is 1. The number of aromatic nitrogens is 1. The Kier molecular flexibility index (Phi) is 5.90. The summed E-state index contributed by atoms with van der Waals surface area (Å²) in [6.07, 6.45) is 4.59. The second-order valence-electron chi connectivity index (χ2n) is 7.84. The summed E-state index contributed by atoms with van der Waals surface area (Å²) in [5.41, 5.74) is 0.297. The molecule has 2 atom stereocenters. The van der Waals surface area contributed by atoms with E-state index >= 15 is 0 Å². The van der Waals surface area contributed by atoms with Gasteiger partial charge in [-0.1, -0.05) is 13.8 Å². The molecule has 6 nitrogen and oxygen atoms in total. The lowest BCUT2D eigenvalue weighted by molar-refractivity contribution is -0.133. The summed E-state index contributed by atoms with van der Waals surface area (Å²) in [6, 6.07) is 6.42. The van der Waals surface area contributed by atoms with Crippen molar-refractivity contribution in [2.24, 2.45) is 17.3 Å². The van der Waals surface area contributed by atoms with E-state index in [0.717, 1.165) is 19.6 Å². The minimum atomic E-state index is -0.932. The standard InChI is InChI=1S/C20H28N4O2/c1-15(2)17-12-24(11-16-3-7-22-8-4-16)13-18(17)23-19(25)20(14-21)5-9-26-10-6-20/h3-4,7-8,15,17-18H,5-6,9-13H2,1-2H3,(H,23,25)/t17-,18+/m1/s1. The lowest BCUT2D eigenvalue weighted by Gasteiger charge is -2.32. The summed E-state index contributed by atoms with van der Waals surface area (Å²) >= 11 is 0. The van der Waals surface area contributed by atoms with Crippen LogP contribution in [0.25, 0.3) is 0 Å². The van der Waals surface area contributed by atoms with E-state index in [0.29, 0.717) is 37.9 Å². The molecule has 1 aromatic rings. The summed E-state index contributed by atoms with van der Waals surface area (Å²) in [4.78, 5) is 19.4. The molecule has 1 amide bonds. The van der Waals surface area contributed by atoms with Crippen LogP contribution in [0.2, 0.25) is 0 Å². The quantitative estimate of drug-likeness (QED) is 0.873. The van der Waals surface area contributed by atoms with Gasteiger partial charge in [0.25, 0.3) is 0 Å². The van der Waals surface area contributed by atoms with Crippen LogP contribution >= 0.6 is 0 Å². The Balaban J connectivity index is 1.67. The van der Waals surface area contributed by atoms with Crippen LogP contribution in [-0.4, -0.2) is 48.1 Å². The fourth-order valence-electron chi connectivity index (χ4n) is 4.03. The molecule has 2 aliphatic rings. The molecule has 0 spiro atoms. The first-order valence-electron chi connectivity index (χ1n) is 9.45. The third-order valence-corrected chi connectivity index (χ3v) is 5.76. The van der Waals surface area contributed by atoms with E-state index in [2.05, 4.69) is 35.1 Å². The smallest absolute Gasteiger partial charge is 0.240 e. The summed E-state index contributed by atoms with van der Waals surface area (Å²) < 4.78 is 5.35. The Bertz CT molecular complexity index is 650. The van der Waals surface area contributed by atoms with Gasteiger partial charge in [-0.15, -0.1) is 0 Å². The number of nitriles is 1. The zero-order valence-electron chi connectivity index (χ0n) is 15.6. The lowest BCUT2D eigenvalue weighted by Crippen LogP contribution is -2.50. The molecule has 0 unspecified atom stereocenters. The van der Waals surface area contributed by atoms with E-state index in [4.69, 9.17) is 4.74 Å². The Morgan fingerprint density at radius 1 is 1.38 bits per heavy atom. The molecule has 0 bridgehead atoms. The fraction of sp³-hybridized carbons (Fsp3) is 0.650. The maximum absolute atomic E-state index is 12.9. The van der Waals surface area contributed by atoms with E-state index in [1.807, 2.05) is 24.5 Å². The lowest BCUT2D eigenvalue weighted by atomic mass is 9.80. The van der Waals surface area contributed by atoms with Gasteiger partial charge in [-0.05, 0) is 42.4 Å². The van der Waals surface area contributed by atoms with Crippen LogP contribution in [0.4, 0.5) is 0 Å². The molecular formula is C20H28N4O2. The molecule has 1 aromatic heterocycles. The van der Waals surface area contributed by atoms with Gasteiger partial charge in [-0.3, -0.25) is 14.7 Å². The molecule has 6 heteroatoms. The van der Waals surface area contributed by atoms with Crippen LogP contribution in [0.1, 0.15) is 32.3 Å². The van der Waals surface area contributed by atoms with Gasteiger partial charge in [0.1, 0.15) is 5.41 Å². The molecule has 0 saturated carbocycles. The van der Waals surface area contributed by atoms with Crippen molar-refractivity contribution in [1.29, 1.82) is 5.26 Å². The first kappa shape index (κ1) is 18.8. The average molecular weight is 356 g/mol. The van der Waals surface area contributed by atoms with Crippen LogP contribution in [-0.2, 0) is 16.1 Å². The van der Waals surface area contributed by atoms with E-state index in [9.17, 15) is 10.1 Å². The van der Waals surface area contributed by atoms with Crippen LogP contribution in [0, 0.1) is 28.6 Å². The molecule has 2 saturated heterocycles. The zero-order chi connectivity index (χ0) is 18.6. The second kappa shape index (κ2) is 8.15. The van der Waals surface area contributed by atoms with Gasteiger partial charge in [-0.25, -0.2) is 0 Å². The van der Waals surface area contributed by atoms with Crippen LogP contribution in [0.3, 0.4) is 0 Å². The van der Waals surface area contributed by atoms with Crippen LogP contribution in [0.5, 0.6) is 0 Å². The van der Waals surface area contributed by atoms with Crippen LogP contribution in [0.15, 0.2) is 24.5 Å². The number of carbonyl (C=O) groups is 1. The van der Waals surface area contributed by atoms with Crippen molar-refractivity contribution in [2.45, 2.75) is 39.3 Å². The molecule has 0 aliphatic carbocycles. The third kappa shape index (κ3) is 4.05. The van der Waals surface area contributed by atoms with Crippen molar-refractivity contribution in [3.05, 3.63) is 30.1 Å². The highest BCUT2D eigenvalue weighted by molar-refractivity contribution is 5.85. The molecule has 0 radical (unpaired) electrons. The molecule has 2 aliphatic heterocycles. The maximum Gasteiger partial charge on any atom is 0.240 e. The monoisotopic (exact) mass is 356 g/mol. The van der Waals surface area contributed by atoms with Crippen molar-refractivity contribution >= 4 is 5.91 Å². The number of likely N-dealkylation sites (tertiary alicyclic amines) is 1. The van der Waals surface area contributed by atoms with Gasteiger partial charge in [0.05, 0.1) is 6.07 Å². The zero-order valence-corrected chi connectivity index (χ0v) is 15.6. The van der Waals surface area contributed by atoms with Crippen molar-refractivity contribution in [3.8, 4) is 6.07 Å². The first-order valence-corrected chi connectivity index (χ1v) is 9.45. The predicted molar refractivity (Wildman–Crippen MR) is 97.9 cm³/mol. The van der Waals surface area contributed by atoms with Gasteiger partial charge in [0.2, 0.25) is 5.91 Å². The minimum absolute atomic E-state index is 0.0809. The predicted octanol–water partition coefficient (Wildman–Crippen LogP) is 1.97. The summed E-state index contributed by atoms with van der Waals surface area (Å²) in [7, 11) is 0. The molecule has 1 N–H and O–H groups in total. The van der Waals surface area contributed by atoms with E-state index in [-0.39, 0.29) is 11.9 Å². The number of rotatable bonds is 5. The van der Waals surface area contributed by atoms with Gasteiger partial charge < -0.3 is 10.1 Å². The first-order chi connectivity index (χ1) is 12.5. The number of hydrogen-bond acceptors (Lipinski definition) is 5. The number of amides is 1. The molecule has 0 aromatic carbocycles. The highest BCUT2D eigenvalue weighted by Gasteiger charge is 2.43. The van der Waals surface area contributed by atoms with Gasteiger partial charge >= 0.3 is 0 Å². The molecule has 26 heavy (non-hydrogen) atoms. The number of hydrogen-bond donors (Lipinski definition) is 1. The minimum Gasteiger partial charge on any atom is -0.381 e. The van der Waals surface area contributed by atoms with Crippen LogP contribution < -0.4 is 5.32 Å². The van der Waals surface area contributed by atoms with Gasteiger partial charge in [0.15, 0.2) is 0 Å². The Labute approximate surface area is 155 Å². The SMILES string of the molecule is CC(C)[C@H]1CN(Cc2ccncc2)C[C@@H]1NC(=O)C1(C#N)CCOCC1. The molecule has 140 valence electrons. The second-order valence-corrected chi connectivity index (χ2v) is 7.84. The summed E-state index contributed by atoms with van der Waals surface area (Å²) in [6.45, 7) is 7.99. The van der Waals surface area contributed by atoms with Crippen molar-refractivity contribution in [2.75, 3.05) is 26.3 Å². The Morgan fingerprint density at radius 2 is 2.08 bits per heavy atom. The normalized spacial score (nSPS) is 25.8. The van der Waals surface area contributed by atoms with E-state index < -0.39 is 5.41 Å².